The summed E-state index contributed by atoms with van der Waals surface area (Å²) in [5, 5.41) is 2.63. The van der Waals surface area contributed by atoms with E-state index in [1.807, 2.05) is 0 Å². The highest BCUT2D eigenvalue weighted by atomic mass is 31.2. The topological polar surface area (TPSA) is 246 Å². The molecule has 0 aliphatic heterocycles. The number of fused-ring (bicyclic) bond motifs is 1. The van der Waals surface area contributed by atoms with Crippen molar-refractivity contribution >= 4 is 42.7 Å². The minimum absolute atomic E-state index is 0.00346. The Morgan fingerprint density at radius 1 is 0.697 bits per heavy atom. The molecule has 1 amide bonds. The van der Waals surface area contributed by atoms with Crippen molar-refractivity contribution in [2.75, 3.05) is 52.4 Å². The number of phosphoric ester groups is 1. The van der Waals surface area contributed by atoms with E-state index < -0.39 is 44.1 Å². The van der Waals surface area contributed by atoms with Crippen LogP contribution in [0.4, 0.5) is 5.82 Å². The highest BCUT2D eigenvalue weighted by Crippen LogP contribution is 2.43. The van der Waals surface area contributed by atoms with Gasteiger partial charge in [-0.3, -0.25) is 28.0 Å². The summed E-state index contributed by atoms with van der Waals surface area (Å²) in [6.07, 6.45) is 37.9. The van der Waals surface area contributed by atoms with Gasteiger partial charge in [-0.25, -0.2) is 9.36 Å². The third kappa shape index (κ3) is 30.2. The number of nitrogens with one attached hydrogen (secondary N) is 2. The minimum atomic E-state index is -4.69. The van der Waals surface area contributed by atoms with E-state index in [1.165, 1.54) is 88.7 Å². The number of ether oxygens (including phenoxy) is 4. The summed E-state index contributed by atoms with van der Waals surface area (Å²) in [7, 11) is -3.16. The lowest BCUT2D eigenvalue weighted by Crippen LogP contribution is -2.30. The van der Waals surface area contributed by atoms with Crippen LogP contribution < -0.4 is 21.5 Å². The lowest BCUT2D eigenvalue weighted by molar-refractivity contribution is -0.161. The van der Waals surface area contributed by atoms with E-state index in [0.717, 1.165) is 77.0 Å². The van der Waals surface area contributed by atoms with Gasteiger partial charge in [0.15, 0.2) is 17.6 Å². The second-order valence-electron chi connectivity index (χ2n) is 19.5. The molecule has 2 heterocycles. The zero-order chi connectivity index (χ0) is 54.9. The lowest BCUT2D eigenvalue weighted by atomic mass is 10.1. The number of amides is 1. The molecule has 0 radical (unpaired) electrons. The molecule has 428 valence electrons. The number of esters is 2. The summed E-state index contributed by atoms with van der Waals surface area (Å²) in [6, 6.07) is 6.48. The van der Waals surface area contributed by atoms with Gasteiger partial charge >= 0.3 is 31.5 Å². The van der Waals surface area contributed by atoms with Gasteiger partial charge in [0.2, 0.25) is 0 Å². The Morgan fingerprint density at radius 3 is 1.78 bits per heavy atom. The number of hydrogen-bond acceptors (Lipinski definition) is 14. The van der Waals surface area contributed by atoms with E-state index in [-0.39, 0.29) is 74.3 Å². The van der Waals surface area contributed by atoms with Gasteiger partial charge in [-0.1, -0.05) is 153 Å². The van der Waals surface area contributed by atoms with Crippen LogP contribution in [0.5, 0.6) is 6.01 Å². The number of aromatic nitrogens is 4. The highest BCUT2D eigenvalue weighted by Gasteiger charge is 2.26. The number of H-pyrrole nitrogens is 1. The molecule has 18 nitrogen and oxygen atoms in total. The number of benzene rings is 1. The van der Waals surface area contributed by atoms with Crippen LogP contribution in [0.1, 0.15) is 210 Å². The van der Waals surface area contributed by atoms with E-state index in [1.54, 1.807) is 24.3 Å². The third-order valence-electron chi connectivity index (χ3n) is 12.8. The zero-order valence-corrected chi connectivity index (χ0v) is 47.1. The number of rotatable bonds is 47. The Hall–Kier alpha value is -4.87. The van der Waals surface area contributed by atoms with Gasteiger partial charge in [0, 0.05) is 32.1 Å². The maximum atomic E-state index is 12.9. The van der Waals surface area contributed by atoms with E-state index in [9.17, 15) is 28.6 Å². The number of aromatic amines is 1. The number of imidazole rings is 1. The molecular formula is C57H93N6O12P. The molecule has 5 N–H and O–H groups in total. The van der Waals surface area contributed by atoms with Crippen LogP contribution in [0.3, 0.4) is 0 Å². The Balaban J connectivity index is 1.41. The first-order valence-corrected chi connectivity index (χ1v) is 30.0. The molecule has 0 aliphatic carbocycles. The number of carbonyl (C=O) groups excluding carboxylic acids is 3. The number of nitrogen functional groups attached to an aromatic ring is 1. The number of phosphoric acid groups is 1. The maximum absolute atomic E-state index is 12.9. The predicted molar refractivity (Wildman–Crippen MR) is 299 cm³/mol. The number of nitrogens with two attached hydrogens (primary N) is 1. The highest BCUT2D eigenvalue weighted by molar-refractivity contribution is 7.47. The fourth-order valence-electron chi connectivity index (χ4n) is 8.34. The Kier molecular flexibility index (Phi) is 35.5. The van der Waals surface area contributed by atoms with Crippen molar-refractivity contribution in [1.82, 2.24) is 24.8 Å². The molecule has 0 aliphatic rings. The van der Waals surface area contributed by atoms with Gasteiger partial charge < -0.3 is 39.9 Å². The number of carbonyl (C=O) groups is 3. The van der Waals surface area contributed by atoms with Crippen molar-refractivity contribution in [3.05, 3.63) is 70.2 Å². The molecule has 76 heavy (non-hydrogen) atoms. The molecular weight excluding hydrogens is 992 g/mol. The number of hydrogen-bond donors (Lipinski definition) is 4. The first kappa shape index (κ1) is 65.4. The average molecular weight is 1090 g/mol. The van der Waals surface area contributed by atoms with Crippen molar-refractivity contribution in [1.29, 1.82) is 0 Å². The monoisotopic (exact) mass is 1080 g/mol. The lowest BCUT2D eigenvalue weighted by Gasteiger charge is -2.20. The van der Waals surface area contributed by atoms with Gasteiger partial charge in [0.25, 0.3) is 5.91 Å². The molecule has 0 bridgehead atoms. The van der Waals surface area contributed by atoms with Gasteiger partial charge in [0.1, 0.15) is 18.7 Å². The second-order valence-corrected chi connectivity index (χ2v) is 20.9. The van der Waals surface area contributed by atoms with Crippen molar-refractivity contribution in [2.24, 2.45) is 0 Å². The van der Waals surface area contributed by atoms with Gasteiger partial charge in [-0.05, 0) is 81.9 Å². The Labute approximate surface area is 452 Å². The smallest absolute Gasteiger partial charge is 0.462 e. The van der Waals surface area contributed by atoms with E-state index in [2.05, 4.69) is 58.4 Å². The minimum Gasteiger partial charge on any atom is -0.462 e. The van der Waals surface area contributed by atoms with Crippen molar-refractivity contribution in [3.8, 4) is 6.01 Å². The molecule has 2 atom stereocenters. The summed E-state index contributed by atoms with van der Waals surface area (Å²) < 4.78 is 46.2. The van der Waals surface area contributed by atoms with Crippen LogP contribution in [0.15, 0.2) is 53.4 Å². The number of unbranched alkanes of at least 4 members (excludes halogenated alkanes) is 22. The number of methoxy groups -OCH3 is 1. The summed E-state index contributed by atoms with van der Waals surface area (Å²) in [5.74, 6) is -1.40. The van der Waals surface area contributed by atoms with E-state index in [0.29, 0.717) is 25.0 Å². The molecule has 0 saturated carbocycles. The van der Waals surface area contributed by atoms with Crippen LogP contribution >= 0.6 is 7.82 Å². The number of allylic oxidation sites excluding steroid dienone is 4. The maximum Gasteiger partial charge on any atom is 0.472 e. The van der Waals surface area contributed by atoms with Crippen molar-refractivity contribution < 1.29 is 51.8 Å². The van der Waals surface area contributed by atoms with Crippen molar-refractivity contribution in [3.63, 3.8) is 0 Å². The van der Waals surface area contributed by atoms with E-state index in [4.69, 9.17) is 33.7 Å². The molecule has 0 fully saturated rings. The Morgan fingerprint density at radius 2 is 1.22 bits per heavy atom. The SMILES string of the molecule is CCCCCCCC/C=C/CCCCCCCC(=O)OC[C@H](COP(=O)(O)OCCNC(=O)c1ccc(Cn2c(=O)[nH]c3c(N)nc(OCCOC)nc32)cc1)OC(=O)CCCCCCC/C=C/CCCCCCCC. The molecule has 3 aromatic rings. The normalized spacial score (nSPS) is 12.9. The van der Waals surface area contributed by atoms with Gasteiger partial charge in [0.05, 0.1) is 26.4 Å². The van der Waals surface area contributed by atoms with Crippen LogP contribution in [0, 0.1) is 0 Å². The average Bonchev–Trinajstić information content (AvgIpc) is 3.74. The van der Waals surface area contributed by atoms with Crippen LogP contribution in [-0.2, 0) is 44.0 Å². The summed E-state index contributed by atoms with van der Waals surface area (Å²) in [4.78, 5) is 73.0. The third-order valence-corrected chi connectivity index (χ3v) is 13.8. The summed E-state index contributed by atoms with van der Waals surface area (Å²) >= 11 is 0. The standard InChI is InChI=1S/C57H93N6O12P/c1-4-6-8-10-12-14-16-18-20-22-24-26-28-30-32-34-50(64)72-45-49(75-51(65)35-33-31-29-27-25-23-21-19-17-15-13-11-9-7-5-2)46-74-76(68,69)73-41-40-59-55(66)48-38-36-47(37-39-48)44-63-54-52(60-57(63)67)53(58)61-56(62-54)71-43-42-70-3/h18-21,36-39,49H,4-17,22-35,40-46H2,1-3H3,(H,59,66)(H,60,67)(H,68,69)(H2,58,61,62)/b20-18+,21-19+/t49-/m1/s1. The molecule has 2 aromatic heterocycles. The van der Waals surface area contributed by atoms with Crippen LogP contribution in [0.25, 0.3) is 11.2 Å². The van der Waals surface area contributed by atoms with Gasteiger partial charge in [-0.2, -0.15) is 9.97 Å². The first-order chi connectivity index (χ1) is 37.0. The Bertz CT molecular complexity index is 2210. The fraction of sp³-hybridized carbons (Fsp3) is 0.684. The first-order valence-electron chi connectivity index (χ1n) is 28.5. The fourth-order valence-corrected chi connectivity index (χ4v) is 9.10. The molecule has 0 spiro atoms. The molecule has 0 saturated heterocycles. The number of anilines is 1. The second kappa shape index (κ2) is 41.3. The molecule has 1 unspecified atom stereocenters. The van der Waals surface area contributed by atoms with Gasteiger partial charge in [-0.15, -0.1) is 0 Å². The largest absolute Gasteiger partial charge is 0.472 e. The van der Waals surface area contributed by atoms with E-state index >= 15 is 0 Å². The van der Waals surface area contributed by atoms with Crippen molar-refractivity contribution in [2.45, 2.75) is 206 Å². The van der Waals surface area contributed by atoms with Crippen LogP contribution in [-0.4, -0.2) is 95.1 Å². The quantitative estimate of drug-likeness (QED) is 0.0178. The predicted octanol–water partition coefficient (Wildman–Crippen LogP) is 12.2. The zero-order valence-electron chi connectivity index (χ0n) is 46.2. The molecule has 1 aromatic carbocycles. The summed E-state index contributed by atoms with van der Waals surface area (Å²) in [6.45, 7) is 3.66. The number of nitrogens with zero attached hydrogens (tertiary/aromatic N) is 3. The summed E-state index contributed by atoms with van der Waals surface area (Å²) in [5.41, 5.74) is 7.08. The molecule has 19 heteroatoms. The van der Waals surface area contributed by atoms with Crippen LogP contribution in [0.2, 0.25) is 0 Å². The molecule has 3 rings (SSSR count).